The third-order valence-corrected chi connectivity index (χ3v) is 12.9. The molecule has 3 fully saturated rings. The first-order valence-electron chi connectivity index (χ1n) is 18.7. The second-order valence-electron chi connectivity index (χ2n) is 16.3. The van der Waals surface area contributed by atoms with E-state index in [9.17, 15) is 18.4 Å². The number of alkyl halides is 3. The van der Waals surface area contributed by atoms with Crippen LogP contribution in [-0.4, -0.2) is 67.9 Å². The van der Waals surface area contributed by atoms with Gasteiger partial charge in [0.2, 0.25) is 5.91 Å². The summed E-state index contributed by atoms with van der Waals surface area (Å²) in [4.78, 5) is 41.4. The van der Waals surface area contributed by atoms with Crippen molar-refractivity contribution >= 4 is 62.6 Å². The molecule has 2 aromatic heterocycles. The van der Waals surface area contributed by atoms with E-state index >= 15 is 8.78 Å². The molecule has 2 aliphatic carbocycles. The molecule has 4 aromatic rings. The van der Waals surface area contributed by atoms with Crippen LogP contribution in [0.1, 0.15) is 98.2 Å². The molecule has 2 saturated carbocycles. The summed E-state index contributed by atoms with van der Waals surface area (Å²) in [5.74, 6) is -3.19. The maximum Gasteiger partial charge on any atom is 0.261 e. The summed E-state index contributed by atoms with van der Waals surface area (Å²) >= 11 is 2.21. The summed E-state index contributed by atoms with van der Waals surface area (Å²) < 4.78 is 60.2. The van der Waals surface area contributed by atoms with Crippen molar-refractivity contribution in [2.45, 2.75) is 113 Å². The van der Waals surface area contributed by atoms with Gasteiger partial charge in [-0.15, -0.1) is 0 Å². The number of piperidine rings is 1. The number of aromatic nitrogens is 3. The molecule has 0 bridgehead atoms. The molecular formula is C40H44F4IN7O2. The van der Waals surface area contributed by atoms with Crippen LogP contribution >= 0.6 is 22.6 Å². The molecule has 0 spiro atoms. The smallest absolute Gasteiger partial charge is 0.261 e. The molecule has 286 valence electrons. The normalized spacial score (nSPS) is 23.7. The lowest BCUT2D eigenvalue weighted by Crippen LogP contribution is -2.64. The Morgan fingerprint density at radius 3 is 2.37 bits per heavy atom. The highest BCUT2D eigenvalue weighted by atomic mass is 127. The summed E-state index contributed by atoms with van der Waals surface area (Å²) in [6.07, 6.45) is 4.51. The van der Waals surface area contributed by atoms with Crippen molar-refractivity contribution in [2.24, 2.45) is 0 Å². The number of amides is 2. The van der Waals surface area contributed by atoms with Crippen molar-refractivity contribution in [3.63, 3.8) is 0 Å². The van der Waals surface area contributed by atoms with Crippen molar-refractivity contribution in [3.8, 4) is 11.3 Å². The summed E-state index contributed by atoms with van der Waals surface area (Å²) in [6.45, 7) is 11.6. The molecule has 4 aliphatic rings. The summed E-state index contributed by atoms with van der Waals surface area (Å²) in [5, 5.41) is 5.29. The van der Waals surface area contributed by atoms with Crippen molar-refractivity contribution < 1.29 is 27.2 Å². The predicted octanol–water partition coefficient (Wildman–Crippen LogP) is 8.94. The van der Waals surface area contributed by atoms with E-state index in [1.807, 2.05) is 54.5 Å². The number of likely N-dealkylation sites (tertiary alicyclic amines) is 1. The standard InChI is InChI=1S/C40H44F4IN7O2/c1-21-25(35(53)49-40(11-12-40)36(43)44)16-28(32(42)31(21)41)48-34-33-29(46-20-51(33)22(2)45)17-27(47-34)23-9-10-26-30(15-23)52(37(54)38(26,3)4)24-18-39(5,19-24)50-13-7-6-8-14-50/h9-10,15-17,20,22,24,36H,6-8,11-14,18-19H2,1-5H3,(H,47,48)(H,49,53). The number of pyridine rings is 1. The Labute approximate surface area is 325 Å². The maximum atomic E-state index is 15.7. The van der Waals surface area contributed by atoms with Crippen LogP contribution < -0.4 is 15.5 Å². The molecule has 0 radical (unpaired) electrons. The number of nitrogens with zero attached hydrogens (tertiary/aromatic N) is 5. The lowest BCUT2D eigenvalue weighted by atomic mass is 9.71. The molecule has 9 nitrogen and oxygen atoms in total. The number of nitrogens with one attached hydrogen (secondary N) is 2. The second-order valence-corrected chi connectivity index (χ2v) is 18.2. The number of carbonyl (C=O) groups excluding carboxylic acids is 2. The van der Waals surface area contributed by atoms with Crippen molar-refractivity contribution in [3.05, 3.63) is 65.0 Å². The number of anilines is 3. The molecule has 2 aliphatic heterocycles. The van der Waals surface area contributed by atoms with E-state index in [-0.39, 0.29) is 57.0 Å². The second kappa shape index (κ2) is 13.2. The van der Waals surface area contributed by atoms with E-state index < -0.39 is 34.9 Å². The van der Waals surface area contributed by atoms with Crippen LogP contribution in [0.25, 0.3) is 22.3 Å². The van der Waals surface area contributed by atoms with E-state index in [4.69, 9.17) is 4.98 Å². The van der Waals surface area contributed by atoms with Crippen LogP contribution in [0.15, 0.2) is 36.7 Å². The molecule has 2 aromatic carbocycles. The van der Waals surface area contributed by atoms with Gasteiger partial charge in [-0.25, -0.2) is 27.5 Å². The average molecular weight is 858 g/mol. The van der Waals surface area contributed by atoms with E-state index in [2.05, 4.69) is 50.0 Å². The molecule has 14 heteroatoms. The van der Waals surface area contributed by atoms with Gasteiger partial charge in [-0.2, -0.15) is 0 Å². The van der Waals surface area contributed by atoms with Gasteiger partial charge in [0.05, 0.1) is 32.7 Å². The van der Waals surface area contributed by atoms with E-state index in [0.29, 0.717) is 22.3 Å². The third-order valence-electron chi connectivity index (χ3n) is 12.3. The van der Waals surface area contributed by atoms with E-state index in [1.54, 1.807) is 6.33 Å². The summed E-state index contributed by atoms with van der Waals surface area (Å²) in [7, 11) is 0. The molecule has 8 rings (SSSR count). The Hall–Kier alpha value is -3.79. The lowest BCUT2D eigenvalue weighted by molar-refractivity contribution is -0.123. The molecule has 2 amide bonds. The first-order valence-corrected chi connectivity index (χ1v) is 19.9. The number of hydrogen-bond donors (Lipinski definition) is 2. The molecule has 1 atom stereocenters. The number of rotatable bonds is 9. The minimum absolute atomic E-state index is 0.0607. The first kappa shape index (κ1) is 37.1. The SMILES string of the molecule is Cc1c(C(=O)NC2(C(F)F)CC2)cc(Nc2nc(-c3ccc4c(c3)N(C3CC(C)(N5CCCCC5)C3)C(=O)C4(C)C)cc3ncn(C(C)I)c23)c(F)c1F. The molecule has 4 heterocycles. The predicted molar refractivity (Wildman–Crippen MR) is 209 cm³/mol. The van der Waals surface area contributed by atoms with Crippen LogP contribution in [0, 0.1) is 18.6 Å². The number of carbonyl (C=O) groups is 2. The topological polar surface area (TPSA) is 95.4 Å². The first-order chi connectivity index (χ1) is 25.5. The van der Waals surface area contributed by atoms with Gasteiger partial charge in [-0.1, -0.05) is 41.1 Å². The average Bonchev–Trinajstić information content (AvgIpc) is 3.73. The van der Waals surface area contributed by atoms with Gasteiger partial charge in [0.15, 0.2) is 17.5 Å². The number of halogens is 5. The van der Waals surface area contributed by atoms with Crippen LogP contribution in [0.5, 0.6) is 0 Å². The Morgan fingerprint density at radius 1 is 1.02 bits per heavy atom. The van der Waals surface area contributed by atoms with Gasteiger partial charge < -0.3 is 20.1 Å². The minimum Gasteiger partial charge on any atom is -0.341 e. The number of imidazole rings is 1. The molecule has 2 N–H and O–H groups in total. The third kappa shape index (κ3) is 5.97. The number of fused-ring (bicyclic) bond motifs is 2. The summed E-state index contributed by atoms with van der Waals surface area (Å²) in [6, 6.07) is 8.90. The van der Waals surface area contributed by atoms with Crippen LogP contribution in [0.2, 0.25) is 0 Å². The molecular weight excluding hydrogens is 813 g/mol. The number of hydrogen-bond acceptors (Lipinski definition) is 6. The van der Waals surface area contributed by atoms with Gasteiger partial charge >= 0.3 is 0 Å². The van der Waals surface area contributed by atoms with Crippen molar-refractivity contribution in [1.82, 2.24) is 24.8 Å². The van der Waals surface area contributed by atoms with Crippen LogP contribution in [0.4, 0.5) is 34.8 Å². The van der Waals surface area contributed by atoms with Gasteiger partial charge in [0.1, 0.15) is 11.1 Å². The van der Waals surface area contributed by atoms with Crippen LogP contribution in [0.3, 0.4) is 0 Å². The maximum absolute atomic E-state index is 15.7. The number of benzene rings is 2. The lowest BCUT2D eigenvalue weighted by Gasteiger charge is -2.55. The van der Waals surface area contributed by atoms with Gasteiger partial charge in [-0.05, 0) is 110 Å². The Bertz CT molecular complexity index is 2190. The highest BCUT2D eigenvalue weighted by Crippen LogP contribution is 2.51. The zero-order valence-electron chi connectivity index (χ0n) is 31.0. The molecule has 54 heavy (non-hydrogen) atoms. The van der Waals surface area contributed by atoms with Crippen molar-refractivity contribution in [1.29, 1.82) is 0 Å². The zero-order valence-corrected chi connectivity index (χ0v) is 33.2. The van der Waals surface area contributed by atoms with Gasteiger partial charge in [-0.3, -0.25) is 14.5 Å². The fourth-order valence-electron chi connectivity index (χ4n) is 8.70. The summed E-state index contributed by atoms with van der Waals surface area (Å²) in [5.41, 5.74) is 0.796. The van der Waals surface area contributed by atoms with Crippen molar-refractivity contribution in [2.75, 3.05) is 23.3 Å². The van der Waals surface area contributed by atoms with E-state index in [1.165, 1.54) is 26.2 Å². The highest BCUT2D eigenvalue weighted by Gasteiger charge is 2.54. The van der Waals surface area contributed by atoms with Gasteiger partial charge in [0, 0.05) is 34.0 Å². The van der Waals surface area contributed by atoms with Gasteiger partial charge in [0.25, 0.3) is 12.3 Å². The Balaban J connectivity index is 1.17. The fourth-order valence-corrected chi connectivity index (χ4v) is 9.12. The van der Waals surface area contributed by atoms with E-state index in [0.717, 1.165) is 43.2 Å². The Morgan fingerprint density at radius 2 is 1.72 bits per heavy atom. The highest BCUT2D eigenvalue weighted by molar-refractivity contribution is 14.1. The molecule has 1 unspecified atom stereocenters. The fraction of sp³-hybridized carbons (Fsp3) is 0.500. The Kier molecular flexibility index (Phi) is 9.06. The zero-order chi connectivity index (χ0) is 38.5. The monoisotopic (exact) mass is 857 g/mol. The quantitative estimate of drug-likeness (QED) is 0.0993. The minimum atomic E-state index is -2.79. The molecule has 1 saturated heterocycles. The largest absolute Gasteiger partial charge is 0.341 e. The van der Waals surface area contributed by atoms with Crippen LogP contribution in [-0.2, 0) is 10.2 Å².